The highest BCUT2D eigenvalue weighted by molar-refractivity contribution is 5.58. The fourth-order valence-electron chi connectivity index (χ4n) is 1.74. The van der Waals surface area contributed by atoms with Crippen molar-refractivity contribution in [3.8, 4) is 0 Å². The van der Waals surface area contributed by atoms with E-state index in [0.29, 0.717) is 0 Å². The molecular formula is C18H25N. The Labute approximate surface area is 118 Å². The fraction of sp³-hybridized carbons (Fsp3) is 0.278. The van der Waals surface area contributed by atoms with E-state index in [0.717, 1.165) is 22.4 Å². The largest absolute Gasteiger partial charge is 0.261 e. The summed E-state index contributed by atoms with van der Waals surface area (Å²) in [6, 6.07) is 0. The van der Waals surface area contributed by atoms with Gasteiger partial charge in [-0.05, 0) is 57.4 Å². The molecule has 0 rings (SSSR count). The first kappa shape index (κ1) is 17.1. The molecule has 0 spiro atoms. The van der Waals surface area contributed by atoms with Gasteiger partial charge in [-0.25, -0.2) is 0 Å². The second kappa shape index (κ2) is 9.09. The van der Waals surface area contributed by atoms with Crippen molar-refractivity contribution in [1.82, 2.24) is 0 Å². The number of rotatable bonds is 6. The number of aliphatic imine (C=N–C) groups is 1. The van der Waals surface area contributed by atoms with Gasteiger partial charge >= 0.3 is 0 Å². The van der Waals surface area contributed by atoms with Crippen LogP contribution >= 0.6 is 0 Å². The Kier molecular flexibility index (Phi) is 8.19. The van der Waals surface area contributed by atoms with Crippen LogP contribution in [0, 0.1) is 0 Å². The minimum absolute atomic E-state index is 0.959. The fourth-order valence-corrected chi connectivity index (χ4v) is 1.74. The van der Waals surface area contributed by atoms with Crippen LogP contribution in [0.3, 0.4) is 0 Å². The second-order valence-corrected chi connectivity index (χ2v) is 4.45. The maximum atomic E-state index is 4.42. The van der Waals surface area contributed by atoms with Crippen LogP contribution < -0.4 is 0 Å². The van der Waals surface area contributed by atoms with Crippen molar-refractivity contribution in [3.63, 3.8) is 0 Å². The monoisotopic (exact) mass is 255 g/mol. The van der Waals surface area contributed by atoms with Crippen molar-refractivity contribution in [2.75, 3.05) is 0 Å². The molecule has 0 bridgehead atoms. The third-order valence-corrected chi connectivity index (χ3v) is 2.51. The van der Waals surface area contributed by atoms with Crippen LogP contribution in [0.1, 0.15) is 34.6 Å². The van der Waals surface area contributed by atoms with E-state index in [-0.39, 0.29) is 0 Å². The molecule has 0 aromatic heterocycles. The van der Waals surface area contributed by atoms with Gasteiger partial charge < -0.3 is 0 Å². The van der Waals surface area contributed by atoms with Crippen LogP contribution in [0.15, 0.2) is 76.5 Å². The van der Waals surface area contributed by atoms with Gasteiger partial charge in [0.1, 0.15) is 0 Å². The number of nitrogens with zero attached hydrogens (tertiary/aromatic N) is 1. The molecule has 0 radical (unpaired) electrons. The molecule has 0 aliphatic rings. The molecular weight excluding hydrogens is 230 g/mol. The lowest BCUT2D eigenvalue weighted by molar-refractivity contribution is 1.19. The van der Waals surface area contributed by atoms with Crippen molar-refractivity contribution >= 4 is 6.21 Å². The summed E-state index contributed by atoms with van der Waals surface area (Å²) in [4.78, 5) is 4.42. The molecule has 0 saturated carbocycles. The predicted octanol–water partition coefficient (Wildman–Crippen LogP) is 5.56. The minimum atomic E-state index is 0.959. The van der Waals surface area contributed by atoms with Gasteiger partial charge in [-0.1, -0.05) is 43.0 Å². The van der Waals surface area contributed by atoms with E-state index in [4.69, 9.17) is 0 Å². The van der Waals surface area contributed by atoms with Crippen LogP contribution in [0.5, 0.6) is 0 Å². The maximum Gasteiger partial charge on any atom is 0.0641 e. The van der Waals surface area contributed by atoms with Crippen LogP contribution in [-0.4, -0.2) is 6.21 Å². The minimum Gasteiger partial charge on any atom is -0.261 e. The van der Waals surface area contributed by atoms with Gasteiger partial charge in [0.05, 0.1) is 5.70 Å². The molecule has 0 saturated heterocycles. The van der Waals surface area contributed by atoms with E-state index in [1.54, 1.807) is 6.08 Å². The smallest absolute Gasteiger partial charge is 0.0641 e. The molecule has 0 fully saturated rings. The quantitative estimate of drug-likeness (QED) is 0.435. The van der Waals surface area contributed by atoms with Gasteiger partial charge in [0.15, 0.2) is 0 Å². The Morgan fingerprint density at radius 2 is 1.74 bits per heavy atom. The van der Waals surface area contributed by atoms with Crippen molar-refractivity contribution in [2.24, 2.45) is 4.99 Å². The van der Waals surface area contributed by atoms with Crippen LogP contribution in [0.25, 0.3) is 0 Å². The highest BCUT2D eigenvalue weighted by atomic mass is 14.7. The topological polar surface area (TPSA) is 12.4 Å². The zero-order chi connectivity index (χ0) is 14.8. The lowest BCUT2D eigenvalue weighted by Crippen LogP contribution is -1.89. The van der Waals surface area contributed by atoms with Gasteiger partial charge in [-0.15, -0.1) is 0 Å². The van der Waals surface area contributed by atoms with Crippen molar-refractivity contribution < 1.29 is 0 Å². The van der Waals surface area contributed by atoms with E-state index in [2.05, 4.69) is 45.0 Å². The lowest BCUT2D eigenvalue weighted by atomic mass is 10.0. The maximum absolute atomic E-state index is 4.42. The number of hydrogen-bond donors (Lipinski definition) is 0. The molecule has 102 valence electrons. The molecule has 0 aliphatic heterocycles. The molecule has 0 N–H and O–H groups in total. The second-order valence-electron chi connectivity index (χ2n) is 4.45. The first-order valence-electron chi connectivity index (χ1n) is 6.47. The average Bonchev–Trinajstić information content (AvgIpc) is 2.34. The molecule has 0 aliphatic carbocycles. The highest BCUT2D eigenvalue weighted by Gasteiger charge is 2.02. The number of hydrogen-bond acceptors (Lipinski definition) is 1. The van der Waals surface area contributed by atoms with E-state index < -0.39 is 0 Å². The first-order chi connectivity index (χ1) is 8.97. The predicted molar refractivity (Wildman–Crippen MR) is 88.5 cm³/mol. The summed E-state index contributed by atoms with van der Waals surface area (Å²) >= 11 is 0. The third-order valence-electron chi connectivity index (χ3n) is 2.51. The van der Waals surface area contributed by atoms with Crippen molar-refractivity contribution in [1.29, 1.82) is 0 Å². The molecule has 0 unspecified atom stereocenters. The summed E-state index contributed by atoms with van der Waals surface area (Å²) in [6.07, 6.45) is 11.6. The molecule has 0 amide bonds. The third kappa shape index (κ3) is 6.01. The van der Waals surface area contributed by atoms with Crippen molar-refractivity contribution in [2.45, 2.75) is 34.6 Å². The lowest BCUT2D eigenvalue weighted by Gasteiger charge is -2.07. The van der Waals surface area contributed by atoms with E-state index >= 15 is 0 Å². The Bertz CT molecular complexity index is 476. The summed E-state index contributed by atoms with van der Waals surface area (Å²) in [6.45, 7) is 17.9. The summed E-state index contributed by atoms with van der Waals surface area (Å²) in [7, 11) is 0. The Morgan fingerprint density at radius 3 is 2.16 bits per heavy atom. The van der Waals surface area contributed by atoms with Gasteiger partial charge in [-0.3, -0.25) is 4.99 Å². The van der Waals surface area contributed by atoms with E-state index in [1.165, 1.54) is 5.57 Å². The molecule has 1 heteroatoms. The number of allylic oxidation sites excluding steroid dienone is 9. The normalized spacial score (nSPS) is 13.1. The molecule has 0 atom stereocenters. The van der Waals surface area contributed by atoms with Crippen molar-refractivity contribution in [3.05, 3.63) is 71.5 Å². The van der Waals surface area contributed by atoms with Gasteiger partial charge in [-0.2, -0.15) is 0 Å². The Balaban J connectivity index is 5.45. The first-order valence-corrected chi connectivity index (χ1v) is 6.47. The molecule has 0 aromatic carbocycles. The Hall–Kier alpha value is -1.89. The van der Waals surface area contributed by atoms with Crippen LogP contribution in [0.2, 0.25) is 0 Å². The zero-order valence-corrected chi connectivity index (χ0v) is 12.8. The summed E-state index contributed by atoms with van der Waals surface area (Å²) in [5, 5.41) is 0. The van der Waals surface area contributed by atoms with E-state index in [9.17, 15) is 0 Å². The summed E-state index contributed by atoms with van der Waals surface area (Å²) < 4.78 is 0. The zero-order valence-electron chi connectivity index (χ0n) is 12.8. The standard InChI is InChI=1S/C18H25N/c1-8-11-17(12-9-2)15(6)13-16(7)18(14(4)5)19-10-3/h8-13H,1,6H2,2-5,7H3/b12-9-,16-13-,17-11+,19-10?. The SMILES string of the molecule is C=C/C=C(\C=C/C)C(=C)/C=C(/C)C(N=CC)=C(C)C. The summed E-state index contributed by atoms with van der Waals surface area (Å²) in [5.74, 6) is 0. The molecule has 0 heterocycles. The molecule has 19 heavy (non-hydrogen) atoms. The molecule has 1 nitrogen and oxygen atoms in total. The Morgan fingerprint density at radius 1 is 1.11 bits per heavy atom. The average molecular weight is 255 g/mol. The molecule has 0 aromatic rings. The van der Waals surface area contributed by atoms with Gasteiger partial charge in [0, 0.05) is 6.21 Å². The van der Waals surface area contributed by atoms with Gasteiger partial charge in [0.25, 0.3) is 0 Å². The van der Waals surface area contributed by atoms with Gasteiger partial charge in [0.2, 0.25) is 0 Å². The van der Waals surface area contributed by atoms with Crippen LogP contribution in [-0.2, 0) is 0 Å². The van der Waals surface area contributed by atoms with Crippen LogP contribution in [0.4, 0.5) is 0 Å². The van der Waals surface area contributed by atoms with E-state index in [1.807, 2.05) is 38.3 Å². The summed E-state index contributed by atoms with van der Waals surface area (Å²) in [5.41, 5.74) is 5.34. The highest BCUT2D eigenvalue weighted by Crippen LogP contribution is 2.20.